The highest BCUT2D eigenvalue weighted by Gasteiger charge is 2.12. The summed E-state index contributed by atoms with van der Waals surface area (Å²) in [5.74, 6) is -0.741. The minimum atomic E-state index is -0.668. The molecule has 0 unspecified atom stereocenters. The van der Waals surface area contributed by atoms with Gasteiger partial charge in [-0.05, 0) is 24.6 Å². The number of nitriles is 1. The highest BCUT2D eigenvalue weighted by atomic mass is 35.5. The number of rotatable bonds is 2. The van der Waals surface area contributed by atoms with Crippen molar-refractivity contribution in [1.82, 2.24) is 4.98 Å². The molecule has 0 aliphatic heterocycles. The van der Waals surface area contributed by atoms with E-state index < -0.39 is 5.82 Å². The van der Waals surface area contributed by atoms with Gasteiger partial charge >= 0.3 is 0 Å². The summed E-state index contributed by atoms with van der Waals surface area (Å²) in [5.41, 5.74) is 1.36. The van der Waals surface area contributed by atoms with Gasteiger partial charge in [0.1, 0.15) is 11.2 Å². The van der Waals surface area contributed by atoms with Crippen molar-refractivity contribution in [1.29, 1.82) is 5.26 Å². The van der Waals surface area contributed by atoms with Crippen molar-refractivity contribution >= 4 is 34.7 Å². The lowest BCUT2D eigenvalue weighted by atomic mass is 10.2. The van der Waals surface area contributed by atoms with Crippen LogP contribution in [0.1, 0.15) is 11.1 Å². The number of halogens is 3. The maximum Gasteiger partial charge on any atom is 0.168 e. The molecule has 0 bridgehead atoms. The molecule has 1 heterocycles. The first-order valence-electron chi connectivity index (χ1n) is 5.31. The normalized spacial score (nSPS) is 10.1. The molecule has 0 saturated carbocycles. The largest absolute Gasteiger partial charge is 0.337 e. The van der Waals surface area contributed by atoms with E-state index in [2.05, 4.69) is 10.3 Å². The molecule has 3 nitrogen and oxygen atoms in total. The quantitative estimate of drug-likeness (QED) is 0.833. The van der Waals surface area contributed by atoms with Gasteiger partial charge in [0.05, 0.1) is 16.3 Å². The molecule has 0 spiro atoms. The van der Waals surface area contributed by atoms with Crippen LogP contribution in [-0.2, 0) is 0 Å². The van der Waals surface area contributed by atoms with Gasteiger partial charge in [-0.15, -0.1) is 0 Å². The van der Waals surface area contributed by atoms with Gasteiger partial charge in [0.2, 0.25) is 0 Å². The zero-order chi connectivity index (χ0) is 14.0. The van der Waals surface area contributed by atoms with E-state index in [1.165, 1.54) is 0 Å². The smallest absolute Gasteiger partial charge is 0.168 e. The number of aromatic nitrogens is 1. The average Bonchev–Trinajstić information content (AvgIpc) is 2.38. The summed E-state index contributed by atoms with van der Waals surface area (Å²) in [6.07, 6.45) is 0. The van der Waals surface area contributed by atoms with Crippen LogP contribution >= 0.6 is 23.2 Å². The van der Waals surface area contributed by atoms with Gasteiger partial charge in [0, 0.05) is 0 Å². The third kappa shape index (κ3) is 2.78. The van der Waals surface area contributed by atoms with E-state index in [4.69, 9.17) is 28.5 Å². The number of nitrogens with one attached hydrogen (secondary N) is 1. The summed E-state index contributed by atoms with van der Waals surface area (Å²) in [4.78, 5) is 3.81. The zero-order valence-electron chi connectivity index (χ0n) is 9.84. The molecule has 0 aliphatic carbocycles. The molecule has 2 aromatic rings. The van der Waals surface area contributed by atoms with Crippen molar-refractivity contribution in [2.75, 3.05) is 5.32 Å². The second kappa shape index (κ2) is 5.43. The van der Waals surface area contributed by atoms with Crippen LogP contribution in [0.3, 0.4) is 0 Å². The van der Waals surface area contributed by atoms with E-state index in [0.717, 1.165) is 11.6 Å². The van der Waals surface area contributed by atoms with Crippen LogP contribution in [0.25, 0.3) is 0 Å². The first-order chi connectivity index (χ1) is 9.02. The molecule has 0 radical (unpaired) electrons. The Morgan fingerprint density at radius 3 is 2.79 bits per heavy atom. The predicted molar refractivity (Wildman–Crippen MR) is 73.4 cm³/mol. The van der Waals surface area contributed by atoms with E-state index in [0.29, 0.717) is 10.7 Å². The summed E-state index contributed by atoms with van der Waals surface area (Å²) in [6.45, 7) is 1.84. The molecular formula is C13H8Cl2FN3. The standard InChI is InChI=1S/C13H8Cl2FN3/c1-7-3-2-4-10(11(7)14)18-13-9(16)5-8(6-17)12(15)19-13/h2-5H,1H3,(H,18,19). The molecular weight excluding hydrogens is 288 g/mol. The summed E-state index contributed by atoms with van der Waals surface area (Å²) in [5, 5.41) is 11.9. The van der Waals surface area contributed by atoms with Gasteiger partial charge in [-0.2, -0.15) is 5.26 Å². The average molecular weight is 296 g/mol. The summed E-state index contributed by atoms with van der Waals surface area (Å²) < 4.78 is 13.8. The minimum absolute atomic E-state index is 0.0138. The summed E-state index contributed by atoms with van der Waals surface area (Å²) >= 11 is 11.9. The lowest BCUT2D eigenvalue weighted by Crippen LogP contribution is -2.00. The molecule has 1 N–H and O–H groups in total. The van der Waals surface area contributed by atoms with Crippen LogP contribution < -0.4 is 5.32 Å². The van der Waals surface area contributed by atoms with E-state index in [1.54, 1.807) is 18.2 Å². The van der Waals surface area contributed by atoms with Crippen LogP contribution in [0.5, 0.6) is 0 Å². The molecule has 1 aromatic carbocycles. The van der Waals surface area contributed by atoms with Gasteiger partial charge in [-0.1, -0.05) is 35.3 Å². The number of anilines is 2. The van der Waals surface area contributed by atoms with Crippen molar-refractivity contribution in [2.24, 2.45) is 0 Å². The Bertz CT molecular complexity index is 680. The van der Waals surface area contributed by atoms with Crippen LogP contribution in [0.2, 0.25) is 10.2 Å². The Kier molecular flexibility index (Phi) is 3.89. The number of benzene rings is 1. The summed E-state index contributed by atoms with van der Waals surface area (Å²) in [6, 6.07) is 8.11. The Balaban J connectivity index is 2.42. The Labute approximate surface area is 119 Å². The molecule has 0 amide bonds. The fourth-order valence-corrected chi connectivity index (χ4v) is 1.86. The number of hydrogen-bond donors (Lipinski definition) is 1. The molecule has 19 heavy (non-hydrogen) atoms. The lowest BCUT2D eigenvalue weighted by Gasteiger charge is -2.10. The lowest BCUT2D eigenvalue weighted by molar-refractivity contribution is 0.626. The second-order valence-corrected chi connectivity index (χ2v) is 4.57. The molecule has 0 atom stereocenters. The molecule has 1 aromatic heterocycles. The third-order valence-electron chi connectivity index (χ3n) is 2.49. The van der Waals surface area contributed by atoms with Crippen LogP contribution in [0.15, 0.2) is 24.3 Å². The van der Waals surface area contributed by atoms with E-state index in [9.17, 15) is 4.39 Å². The van der Waals surface area contributed by atoms with Crippen LogP contribution in [-0.4, -0.2) is 4.98 Å². The first kappa shape index (κ1) is 13.6. The number of pyridine rings is 1. The van der Waals surface area contributed by atoms with Gasteiger partial charge in [-0.25, -0.2) is 9.37 Å². The monoisotopic (exact) mass is 295 g/mol. The SMILES string of the molecule is Cc1cccc(Nc2nc(Cl)c(C#N)cc2F)c1Cl. The van der Waals surface area contributed by atoms with E-state index in [1.807, 2.05) is 13.0 Å². The third-order valence-corrected chi connectivity index (χ3v) is 3.28. The predicted octanol–water partition coefficient (Wildman–Crippen LogP) is 4.45. The fraction of sp³-hybridized carbons (Fsp3) is 0.0769. The van der Waals surface area contributed by atoms with Crippen molar-refractivity contribution < 1.29 is 4.39 Å². The van der Waals surface area contributed by atoms with Gasteiger partial charge in [0.25, 0.3) is 0 Å². The van der Waals surface area contributed by atoms with Crippen LogP contribution in [0, 0.1) is 24.1 Å². The number of hydrogen-bond acceptors (Lipinski definition) is 3. The second-order valence-electron chi connectivity index (χ2n) is 3.83. The maximum atomic E-state index is 13.8. The van der Waals surface area contributed by atoms with E-state index in [-0.39, 0.29) is 16.5 Å². The molecule has 96 valence electrons. The Morgan fingerprint density at radius 1 is 1.37 bits per heavy atom. The van der Waals surface area contributed by atoms with Crippen molar-refractivity contribution in [3.8, 4) is 6.07 Å². The highest BCUT2D eigenvalue weighted by Crippen LogP contribution is 2.29. The molecule has 0 aliphatic rings. The van der Waals surface area contributed by atoms with Crippen molar-refractivity contribution in [3.05, 3.63) is 51.4 Å². The minimum Gasteiger partial charge on any atom is -0.337 e. The van der Waals surface area contributed by atoms with Crippen molar-refractivity contribution in [2.45, 2.75) is 6.92 Å². The summed E-state index contributed by atoms with van der Waals surface area (Å²) in [7, 11) is 0. The van der Waals surface area contributed by atoms with Gasteiger partial charge in [0.15, 0.2) is 11.6 Å². The molecule has 0 fully saturated rings. The molecule has 6 heteroatoms. The number of nitrogens with zero attached hydrogens (tertiary/aromatic N) is 2. The topological polar surface area (TPSA) is 48.7 Å². The van der Waals surface area contributed by atoms with Gasteiger partial charge < -0.3 is 5.32 Å². The van der Waals surface area contributed by atoms with Crippen LogP contribution in [0.4, 0.5) is 15.9 Å². The molecule has 2 rings (SSSR count). The Morgan fingerprint density at radius 2 is 2.11 bits per heavy atom. The first-order valence-corrected chi connectivity index (χ1v) is 6.07. The zero-order valence-corrected chi connectivity index (χ0v) is 11.3. The fourth-order valence-electron chi connectivity index (χ4n) is 1.50. The van der Waals surface area contributed by atoms with Gasteiger partial charge in [-0.3, -0.25) is 0 Å². The Hall–Kier alpha value is -1.83. The maximum absolute atomic E-state index is 13.8. The van der Waals surface area contributed by atoms with Crippen molar-refractivity contribution in [3.63, 3.8) is 0 Å². The number of aryl methyl sites for hydroxylation is 1. The molecule has 0 saturated heterocycles. The van der Waals surface area contributed by atoms with E-state index >= 15 is 0 Å². The highest BCUT2D eigenvalue weighted by molar-refractivity contribution is 6.34.